The molecule has 3 heterocycles. The number of thiophene rings is 1. The number of alkyl halides is 1. The number of nitrogens with zero attached hydrogens (tertiary/aromatic N) is 1. The SMILES string of the molecule is CCC(Cl)c1nc2scc(-c3cc(C)oc3C)c2c(=O)[nH]1. The minimum Gasteiger partial charge on any atom is -0.466 e. The van der Waals surface area contributed by atoms with E-state index in [-0.39, 0.29) is 10.9 Å². The first kappa shape index (κ1) is 14.4. The zero-order valence-corrected chi connectivity index (χ0v) is 13.6. The summed E-state index contributed by atoms with van der Waals surface area (Å²) in [7, 11) is 0. The molecule has 0 amide bonds. The van der Waals surface area contributed by atoms with E-state index in [1.807, 2.05) is 32.2 Å². The lowest BCUT2D eigenvalue weighted by Gasteiger charge is -2.05. The second-order valence-electron chi connectivity index (χ2n) is 4.98. The maximum absolute atomic E-state index is 12.4. The number of fused-ring (bicyclic) bond motifs is 1. The van der Waals surface area contributed by atoms with Gasteiger partial charge in [-0.15, -0.1) is 22.9 Å². The molecule has 110 valence electrons. The number of furan rings is 1. The van der Waals surface area contributed by atoms with Crippen molar-refractivity contribution in [2.45, 2.75) is 32.6 Å². The average Bonchev–Trinajstić information content (AvgIpc) is 3.01. The summed E-state index contributed by atoms with van der Waals surface area (Å²) in [6.45, 7) is 5.75. The molecule has 3 aromatic heterocycles. The quantitative estimate of drug-likeness (QED) is 0.719. The zero-order chi connectivity index (χ0) is 15.1. The van der Waals surface area contributed by atoms with Gasteiger partial charge in [0.25, 0.3) is 5.56 Å². The van der Waals surface area contributed by atoms with Crippen LogP contribution in [-0.4, -0.2) is 9.97 Å². The fourth-order valence-electron chi connectivity index (χ4n) is 2.40. The lowest BCUT2D eigenvalue weighted by atomic mass is 10.1. The lowest BCUT2D eigenvalue weighted by Crippen LogP contribution is -2.12. The van der Waals surface area contributed by atoms with Gasteiger partial charge in [0.05, 0.1) is 10.8 Å². The van der Waals surface area contributed by atoms with Gasteiger partial charge in [-0.25, -0.2) is 4.98 Å². The Morgan fingerprint density at radius 2 is 2.19 bits per heavy atom. The van der Waals surface area contributed by atoms with E-state index in [1.165, 1.54) is 11.3 Å². The van der Waals surface area contributed by atoms with Gasteiger partial charge in [-0.1, -0.05) is 6.92 Å². The van der Waals surface area contributed by atoms with Crippen molar-refractivity contribution in [3.63, 3.8) is 0 Å². The highest BCUT2D eigenvalue weighted by molar-refractivity contribution is 7.17. The molecule has 0 saturated carbocycles. The standard InChI is InChI=1S/C15H15ClN2O2S/c1-4-11(16)13-17-14(19)12-10(6-21-15(12)18-13)9-5-7(2)20-8(9)3/h5-6,11H,4H2,1-3H3,(H,17,18,19). The summed E-state index contributed by atoms with van der Waals surface area (Å²) in [5.74, 6) is 2.17. The van der Waals surface area contributed by atoms with Crippen LogP contribution in [0, 0.1) is 13.8 Å². The third-order valence-electron chi connectivity index (χ3n) is 3.45. The van der Waals surface area contributed by atoms with E-state index in [0.717, 1.165) is 22.6 Å². The predicted octanol–water partition coefficient (Wildman–Crippen LogP) is 4.55. The van der Waals surface area contributed by atoms with Crippen molar-refractivity contribution >= 4 is 33.2 Å². The van der Waals surface area contributed by atoms with Crippen molar-refractivity contribution in [1.82, 2.24) is 9.97 Å². The number of halogens is 1. The lowest BCUT2D eigenvalue weighted by molar-refractivity contribution is 0.505. The van der Waals surface area contributed by atoms with Crippen molar-refractivity contribution < 1.29 is 4.42 Å². The Labute approximate surface area is 130 Å². The Balaban J connectivity index is 2.24. The number of nitrogens with one attached hydrogen (secondary N) is 1. The molecule has 1 atom stereocenters. The van der Waals surface area contributed by atoms with Crippen LogP contribution in [-0.2, 0) is 0 Å². The Hall–Kier alpha value is -1.59. The molecule has 1 N–H and O–H groups in total. The number of H-pyrrole nitrogens is 1. The molecule has 3 rings (SSSR count). The second kappa shape index (κ2) is 5.31. The molecule has 4 nitrogen and oxygen atoms in total. The number of aryl methyl sites for hydroxylation is 2. The zero-order valence-electron chi connectivity index (χ0n) is 12.0. The molecule has 0 spiro atoms. The van der Waals surface area contributed by atoms with Crippen molar-refractivity contribution in [3.8, 4) is 11.1 Å². The van der Waals surface area contributed by atoms with E-state index < -0.39 is 0 Å². The second-order valence-corrected chi connectivity index (χ2v) is 6.37. The van der Waals surface area contributed by atoms with E-state index in [2.05, 4.69) is 9.97 Å². The first-order valence-corrected chi connectivity index (χ1v) is 8.05. The van der Waals surface area contributed by atoms with Gasteiger partial charge in [0.15, 0.2) is 0 Å². The Morgan fingerprint density at radius 1 is 1.43 bits per heavy atom. The van der Waals surface area contributed by atoms with Crippen molar-refractivity contribution in [1.29, 1.82) is 0 Å². The van der Waals surface area contributed by atoms with Crippen LogP contribution >= 0.6 is 22.9 Å². The molecule has 0 saturated heterocycles. The fraction of sp³-hybridized carbons (Fsp3) is 0.333. The van der Waals surface area contributed by atoms with Gasteiger partial charge in [-0.2, -0.15) is 0 Å². The highest BCUT2D eigenvalue weighted by atomic mass is 35.5. The third kappa shape index (κ3) is 2.40. The summed E-state index contributed by atoms with van der Waals surface area (Å²) in [4.78, 5) is 20.4. The molecule has 1 unspecified atom stereocenters. The Bertz CT molecular complexity index is 862. The van der Waals surface area contributed by atoms with Crippen LogP contribution in [0.2, 0.25) is 0 Å². The first-order valence-electron chi connectivity index (χ1n) is 6.74. The van der Waals surface area contributed by atoms with Crippen LogP contribution in [0.5, 0.6) is 0 Å². The largest absolute Gasteiger partial charge is 0.466 e. The molecule has 0 aliphatic carbocycles. The summed E-state index contributed by atoms with van der Waals surface area (Å²) >= 11 is 7.62. The number of aromatic nitrogens is 2. The highest BCUT2D eigenvalue weighted by Gasteiger charge is 2.18. The molecule has 21 heavy (non-hydrogen) atoms. The van der Waals surface area contributed by atoms with Gasteiger partial charge >= 0.3 is 0 Å². The van der Waals surface area contributed by atoms with Gasteiger partial charge in [0.1, 0.15) is 22.2 Å². The van der Waals surface area contributed by atoms with Gasteiger partial charge < -0.3 is 9.40 Å². The number of rotatable bonds is 3. The summed E-state index contributed by atoms with van der Waals surface area (Å²) < 4.78 is 5.56. The molecule has 0 aliphatic heterocycles. The van der Waals surface area contributed by atoms with Crippen molar-refractivity contribution in [2.75, 3.05) is 0 Å². The molecule has 3 aromatic rings. The van der Waals surface area contributed by atoms with Crippen LogP contribution in [0.4, 0.5) is 0 Å². The van der Waals surface area contributed by atoms with Crippen molar-refractivity contribution in [3.05, 3.63) is 39.1 Å². The van der Waals surface area contributed by atoms with E-state index in [9.17, 15) is 4.79 Å². The van der Waals surface area contributed by atoms with Crippen LogP contribution in [0.15, 0.2) is 20.7 Å². The summed E-state index contributed by atoms with van der Waals surface area (Å²) in [6, 6.07) is 1.95. The molecule has 0 bridgehead atoms. The topological polar surface area (TPSA) is 58.9 Å². The molecule has 0 fully saturated rings. The third-order valence-corrected chi connectivity index (χ3v) is 4.84. The summed E-state index contributed by atoms with van der Waals surface area (Å²) in [5, 5.41) is 2.28. The van der Waals surface area contributed by atoms with Gasteiger partial charge in [0, 0.05) is 16.5 Å². The summed E-state index contributed by atoms with van der Waals surface area (Å²) in [6.07, 6.45) is 0.717. The van der Waals surface area contributed by atoms with E-state index >= 15 is 0 Å². The first-order chi connectivity index (χ1) is 10.0. The smallest absolute Gasteiger partial charge is 0.260 e. The molecular formula is C15H15ClN2O2S. The Kier molecular flexibility index (Phi) is 3.63. The van der Waals surface area contributed by atoms with E-state index in [0.29, 0.717) is 22.5 Å². The van der Waals surface area contributed by atoms with Gasteiger partial charge in [-0.3, -0.25) is 4.79 Å². The summed E-state index contributed by atoms with van der Waals surface area (Å²) in [5.41, 5.74) is 1.66. The molecular weight excluding hydrogens is 308 g/mol. The molecule has 0 aliphatic rings. The average molecular weight is 323 g/mol. The number of hydrogen-bond acceptors (Lipinski definition) is 4. The van der Waals surface area contributed by atoms with E-state index in [1.54, 1.807) is 0 Å². The van der Waals surface area contributed by atoms with Crippen molar-refractivity contribution in [2.24, 2.45) is 0 Å². The van der Waals surface area contributed by atoms with Gasteiger partial charge in [-0.05, 0) is 26.3 Å². The molecule has 0 radical (unpaired) electrons. The number of hydrogen-bond donors (Lipinski definition) is 1. The maximum Gasteiger partial charge on any atom is 0.260 e. The highest BCUT2D eigenvalue weighted by Crippen LogP contribution is 2.35. The number of aromatic amines is 1. The normalized spacial score (nSPS) is 13.0. The Morgan fingerprint density at radius 3 is 2.81 bits per heavy atom. The minimum absolute atomic E-state index is 0.149. The molecule has 6 heteroatoms. The minimum atomic E-state index is -0.273. The predicted molar refractivity (Wildman–Crippen MR) is 86.3 cm³/mol. The van der Waals surface area contributed by atoms with Crippen LogP contribution in [0.3, 0.4) is 0 Å². The maximum atomic E-state index is 12.4. The molecule has 0 aromatic carbocycles. The van der Waals surface area contributed by atoms with Crippen LogP contribution in [0.1, 0.15) is 36.1 Å². The monoisotopic (exact) mass is 322 g/mol. The van der Waals surface area contributed by atoms with Gasteiger partial charge in [0.2, 0.25) is 0 Å². The fourth-order valence-corrected chi connectivity index (χ4v) is 3.45. The van der Waals surface area contributed by atoms with E-state index in [4.69, 9.17) is 16.0 Å². The van der Waals surface area contributed by atoms with Crippen LogP contribution in [0.25, 0.3) is 21.3 Å². The van der Waals surface area contributed by atoms with Crippen LogP contribution < -0.4 is 5.56 Å².